The van der Waals surface area contributed by atoms with E-state index in [1.54, 1.807) is 23.0 Å². The van der Waals surface area contributed by atoms with Gasteiger partial charge in [-0.3, -0.25) is 9.36 Å². The molecule has 2 heterocycles. The lowest BCUT2D eigenvalue weighted by molar-refractivity contribution is 0.414. The van der Waals surface area contributed by atoms with Crippen LogP contribution in [-0.2, 0) is 12.8 Å². The molecule has 0 aliphatic heterocycles. The molecule has 1 N–H and O–H groups in total. The summed E-state index contributed by atoms with van der Waals surface area (Å²) in [5.74, 6) is 1.43. The summed E-state index contributed by atoms with van der Waals surface area (Å²) in [6, 6.07) is 7.39. The van der Waals surface area contributed by atoms with E-state index < -0.39 is 0 Å². The Morgan fingerprint density at radius 1 is 1.33 bits per heavy atom. The first-order valence-corrected chi connectivity index (χ1v) is 9.25. The molecule has 1 aliphatic rings. The molecule has 2 aromatic heterocycles. The molecular weight excluding hydrogens is 340 g/mol. The van der Waals surface area contributed by atoms with Crippen LogP contribution in [0.4, 0.5) is 0 Å². The zero-order valence-electron chi connectivity index (χ0n) is 13.6. The molecule has 6 heteroatoms. The number of nitrogens with zero attached hydrogens (tertiary/aromatic N) is 1. The van der Waals surface area contributed by atoms with Gasteiger partial charge in [-0.05, 0) is 67.2 Å². The summed E-state index contributed by atoms with van der Waals surface area (Å²) in [4.78, 5) is 18.7. The van der Waals surface area contributed by atoms with E-state index in [-0.39, 0.29) is 5.56 Å². The van der Waals surface area contributed by atoms with E-state index >= 15 is 0 Å². The van der Waals surface area contributed by atoms with Crippen molar-refractivity contribution in [2.75, 3.05) is 7.11 Å². The minimum Gasteiger partial charge on any atom is -0.497 e. The zero-order chi connectivity index (χ0) is 16.8. The van der Waals surface area contributed by atoms with E-state index in [0.29, 0.717) is 10.7 Å². The van der Waals surface area contributed by atoms with Crippen LogP contribution in [0.3, 0.4) is 0 Å². The predicted molar refractivity (Wildman–Crippen MR) is 100 cm³/mol. The summed E-state index contributed by atoms with van der Waals surface area (Å²) in [7, 11) is 1.62. The molecule has 0 saturated heterocycles. The molecule has 0 amide bonds. The minimum atomic E-state index is -0.0223. The summed E-state index contributed by atoms with van der Waals surface area (Å²) in [6.07, 6.45) is 3.16. The number of thiophene rings is 1. The Morgan fingerprint density at radius 3 is 2.79 bits per heavy atom. The van der Waals surface area contributed by atoms with E-state index in [9.17, 15) is 4.79 Å². The van der Waals surface area contributed by atoms with Crippen LogP contribution in [0.5, 0.6) is 5.75 Å². The van der Waals surface area contributed by atoms with Crippen molar-refractivity contribution in [3.8, 4) is 11.4 Å². The Kier molecular flexibility index (Phi) is 3.81. The van der Waals surface area contributed by atoms with Crippen molar-refractivity contribution in [3.63, 3.8) is 0 Å². The van der Waals surface area contributed by atoms with E-state index in [0.717, 1.165) is 40.9 Å². The van der Waals surface area contributed by atoms with Gasteiger partial charge in [0.2, 0.25) is 0 Å². The third-order valence-electron chi connectivity index (χ3n) is 4.68. The van der Waals surface area contributed by atoms with Crippen molar-refractivity contribution in [2.24, 2.45) is 5.92 Å². The number of aromatic amines is 1. The van der Waals surface area contributed by atoms with Gasteiger partial charge in [-0.25, -0.2) is 0 Å². The lowest BCUT2D eigenvalue weighted by Crippen LogP contribution is -2.21. The predicted octanol–water partition coefficient (Wildman–Crippen LogP) is 4.24. The molecule has 0 radical (unpaired) electrons. The summed E-state index contributed by atoms with van der Waals surface area (Å²) in [6.45, 7) is 2.27. The van der Waals surface area contributed by atoms with Crippen LogP contribution >= 0.6 is 23.6 Å². The maximum absolute atomic E-state index is 13.2. The van der Waals surface area contributed by atoms with Gasteiger partial charge in [0, 0.05) is 4.88 Å². The van der Waals surface area contributed by atoms with Crippen molar-refractivity contribution in [1.82, 2.24) is 9.55 Å². The van der Waals surface area contributed by atoms with Gasteiger partial charge < -0.3 is 9.72 Å². The summed E-state index contributed by atoms with van der Waals surface area (Å²) < 4.78 is 7.21. The monoisotopic (exact) mass is 358 g/mol. The molecule has 124 valence electrons. The first kappa shape index (κ1) is 15.6. The van der Waals surface area contributed by atoms with Crippen LogP contribution in [0.15, 0.2) is 29.1 Å². The third kappa shape index (κ3) is 2.41. The second-order valence-corrected chi connectivity index (χ2v) is 7.82. The number of rotatable bonds is 2. The van der Waals surface area contributed by atoms with Crippen LogP contribution in [-0.4, -0.2) is 16.7 Å². The molecule has 1 aromatic carbocycles. The molecule has 3 aromatic rings. The fourth-order valence-electron chi connectivity index (χ4n) is 3.39. The van der Waals surface area contributed by atoms with Gasteiger partial charge in [0.15, 0.2) is 4.77 Å². The normalized spacial score (nSPS) is 17.0. The number of H-pyrrole nitrogens is 1. The number of fused-ring (bicyclic) bond motifs is 3. The first-order valence-electron chi connectivity index (χ1n) is 8.02. The summed E-state index contributed by atoms with van der Waals surface area (Å²) in [5, 5.41) is 0.811. The van der Waals surface area contributed by atoms with Crippen molar-refractivity contribution in [2.45, 2.75) is 26.2 Å². The second-order valence-electron chi connectivity index (χ2n) is 6.32. The van der Waals surface area contributed by atoms with Crippen LogP contribution in [0, 0.1) is 10.7 Å². The molecule has 1 atom stereocenters. The van der Waals surface area contributed by atoms with Crippen LogP contribution in [0.1, 0.15) is 23.8 Å². The Bertz CT molecular complexity index is 1030. The number of methoxy groups -OCH3 is 1. The maximum Gasteiger partial charge on any atom is 0.267 e. The fourth-order valence-corrected chi connectivity index (χ4v) is 5.14. The Labute approximate surface area is 148 Å². The van der Waals surface area contributed by atoms with E-state index in [2.05, 4.69) is 11.9 Å². The average molecular weight is 358 g/mol. The Morgan fingerprint density at radius 2 is 2.08 bits per heavy atom. The molecule has 4 rings (SSSR count). The van der Waals surface area contributed by atoms with Gasteiger partial charge in [-0.2, -0.15) is 0 Å². The van der Waals surface area contributed by atoms with Crippen LogP contribution < -0.4 is 10.3 Å². The van der Waals surface area contributed by atoms with Gasteiger partial charge >= 0.3 is 0 Å². The maximum atomic E-state index is 13.2. The lowest BCUT2D eigenvalue weighted by atomic mass is 9.89. The standard InChI is InChI=1S/C18H18N2O2S2/c1-10-3-8-13-14(9-10)24-16-15(13)17(21)20(18(23)19-16)11-4-6-12(22-2)7-5-11/h4-7,10H,3,8-9H2,1-2H3,(H,19,23)/t10-/m0/s1. The molecule has 0 bridgehead atoms. The fraction of sp³-hybridized carbons (Fsp3) is 0.333. The number of aryl methyl sites for hydroxylation is 1. The lowest BCUT2D eigenvalue weighted by Gasteiger charge is -2.17. The molecule has 0 spiro atoms. The van der Waals surface area contributed by atoms with E-state index in [1.165, 1.54) is 10.4 Å². The largest absolute Gasteiger partial charge is 0.497 e. The van der Waals surface area contributed by atoms with Crippen molar-refractivity contribution in [1.29, 1.82) is 0 Å². The highest BCUT2D eigenvalue weighted by Gasteiger charge is 2.23. The van der Waals surface area contributed by atoms with Crippen molar-refractivity contribution >= 4 is 33.8 Å². The SMILES string of the molecule is COc1ccc(-n2c(=S)[nH]c3sc4c(c3c2=O)CC[C@H](C)C4)cc1. The van der Waals surface area contributed by atoms with Crippen molar-refractivity contribution in [3.05, 3.63) is 49.8 Å². The highest BCUT2D eigenvalue weighted by Crippen LogP contribution is 2.35. The van der Waals surface area contributed by atoms with Gasteiger partial charge in [-0.15, -0.1) is 11.3 Å². The number of hydrogen-bond donors (Lipinski definition) is 1. The molecule has 0 fully saturated rings. The van der Waals surface area contributed by atoms with Gasteiger partial charge in [0.1, 0.15) is 10.6 Å². The number of benzene rings is 1. The Hall–Kier alpha value is -1.92. The van der Waals surface area contributed by atoms with Crippen LogP contribution in [0.2, 0.25) is 0 Å². The molecule has 1 aliphatic carbocycles. The summed E-state index contributed by atoms with van der Waals surface area (Å²) >= 11 is 7.14. The molecular formula is C18H18N2O2S2. The molecule has 24 heavy (non-hydrogen) atoms. The Balaban J connectivity index is 1.96. The number of hydrogen-bond acceptors (Lipinski definition) is 4. The number of nitrogens with one attached hydrogen (secondary N) is 1. The van der Waals surface area contributed by atoms with Crippen LogP contribution in [0.25, 0.3) is 15.9 Å². The van der Waals surface area contributed by atoms with Gasteiger partial charge in [0.05, 0.1) is 18.2 Å². The number of aromatic nitrogens is 2. The summed E-state index contributed by atoms with van der Waals surface area (Å²) in [5.41, 5.74) is 1.95. The third-order valence-corrected chi connectivity index (χ3v) is 6.14. The second kappa shape index (κ2) is 5.86. The van der Waals surface area contributed by atoms with E-state index in [4.69, 9.17) is 17.0 Å². The quantitative estimate of drug-likeness (QED) is 0.697. The van der Waals surface area contributed by atoms with E-state index in [1.807, 2.05) is 24.3 Å². The topological polar surface area (TPSA) is 47.0 Å². The first-order chi connectivity index (χ1) is 11.6. The minimum absolute atomic E-state index is 0.0223. The molecule has 0 saturated carbocycles. The molecule has 0 unspecified atom stereocenters. The smallest absolute Gasteiger partial charge is 0.267 e. The highest BCUT2D eigenvalue weighted by atomic mass is 32.1. The van der Waals surface area contributed by atoms with Gasteiger partial charge in [-0.1, -0.05) is 6.92 Å². The van der Waals surface area contributed by atoms with Gasteiger partial charge in [0.25, 0.3) is 5.56 Å². The molecule has 4 nitrogen and oxygen atoms in total. The zero-order valence-corrected chi connectivity index (χ0v) is 15.2. The number of ether oxygens (including phenoxy) is 1. The van der Waals surface area contributed by atoms with Crippen molar-refractivity contribution < 1.29 is 4.74 Å². The highest BCUT2D eigenvalue weighted by molar-refractivity contribution is 7.71. The average Bonchev–Trinajstić information content (AvgIpc) is 2.92.